The van der Waals surface area contributed by atoms with Gasteiger partial charge in [-0.05, 0) is 49.8 Å². The summed E-state index contributed by atoms with van der Waals surface area (Å²) in [7, 11) is -4.01. The van der Waals surface area contributed by atoms with Crippen molar-refractivity contribution in [1.82, 2.24) is 0 Å². The van der Waals surface area contributed by atoms with Gasteiger partial charge in [0.15, 0.2) is 17.1 Å². The van der Waals surface area contributed by atoms with E-state index < -0.39 is 21.8 Å². The van der Waals surface area contributed by atoms with Crippen molar-refractivity contribution in [3.05, 3.63) is 96.1 Å². The third kappa shape index (κ3) is 6.24. The van der Waals surface area contributed by atoms with E-state index in [2.05, 4.69) is 5.32 Å². The molecule has 0 spiro atoms. The summed E-state index contributed by atoms with van der Waals surface area (Å²) in [6.07, 6.45) is 2.80. The van der Waals surface area contributed by atoms with Crippen LogP contribution in [-0.4, -0.2) is 33.3 Å². The first-order valence-corrected chi connectivity index (χ1v) is 12.7. The number of ether oxygens (including phenoxy) is 3. The van der Waals surface area contributed by atoms with Crippen molar-refractivity contribution in [2.75, 3.05) is 18.5 Å². The maximum atomic E-state index is 12.7. The van der Waals surface area contributed by atoms with Crippen LogP contribution in [0.2, 0.25) is 0 Å². The van der Waals surface area contributed by atoms with E-state index in [9.17, 15) is 13.2 Å². The van der Waals surface area contributed by atoms with E-state index in [1.807, 2.05) is 37.3 Å². The lowest BCUT2D eigenvalue weighted by molar-refractivity contribution is -0.00300. The number of carbonyl (C=O) groups is 1. The minimum Gasteiger partial charge on any atom is -0.485 e. The standard InChI is InChI=1S/C27H27NO7S/c1-3-15-27(19-34-36(30,31)23-12-9-20(2)10-13-23)18-33-24-14-11-22(16-25(24)35-27)28-26(29)32-17-21-7-5-4-6-8-21/h3-16H,17-19H2,1-2H3,(H,28,29). The number of allylic oxidation sites excluding steroid dienone is 1. The van der Waals surface area contributed by atoms with Gasteiger partial charge in [-0.25, -0.2) is 4.79 Å². The number of benzene rings is 3. The zero-order valence-electron chi connectivity index (χ0n) is 20.0. The number of carbonyl (C=O) groups excluding carboxylic acids is 1. The highest BCUT2D eigenvalue weighted by molar-refractivity contribution is 7.86. The molecule has 0 saturated heterocycles. The van der Waals surface area contributed by atoms with Crippen molar-refractivity contribution in [3.8, 4) is 11.5 Å². The Morgan fingerprint density at radius 1 is 1.06 bits per heavy atom. The van der Waals surface area contributed by atoms with Gasteiger partial charge >= 0.3 is 6.09 Å². The minimum absolute atomic E-state index is 0.0413. The molecule has 36 heavy (non-hydrogen) atoms. The third-order valence-corrected chi connectivity index (χ3v) is 6.70. The Balaban J connectivity index is 1.44. The number of fused-ring (bicyclic) bond motifs is 1. The number of amides is 1. The highest BCUT2D eigenvalue weighted by Gasteiger charge is 2.38. The zero-order chi connectivity index (χ0) is 25.6. The van der Waals surface area contributed by atoms with Gasteiger partial charge in [-0.15, -0.1) is 0 Å². The fourth-order valence-electron chi connectivity index (χ4n) is 3.57. The van der Waals surface area contributed by atoms with Crippen LogP contribution >= 0.6 is 0 Å². The van der Waals surface area contributed by atoms with Crippen LogP contribution in [0.4, 0.5) is 10.5 Å². The van der Waals surface area contributed by atoms with E-state index in [4.69, 9.17) is 18.4 Å². The van der Waals surface area contributed by atoms with Crippen LogP contribution in [0.3, 0.4) is 0 Å². The van der Waals surface area contributed by atoms with Gasteiger partial charge in [0.2, 0.25) is 0 Å². The first-order chi connectivity index (χ1) is 17.3. The second-order valence-corrected chi connectivity index (χ2v) is 9.95. The van der Waals surface area contributed by atoms with Crippen LogP contribution < -0.4 is 14.8 Å². The number of hydrogen-bond donors (Lipinski definition) is 1. The van der Waals surface area contributed by atoms with Gasteiger partial charge in [0.1, 0.15) is 19.8 Å². The summed E-state index contributed by atoms with van der Waals surface area (Å²) in [5.74, 6) is 0.788. The van der Waals surface area contributed by atoms with Gasteiger partial charge in [-0.2, -0.15) is 8.42 Å². The molecule has 0 fully saturated rings. The normalized spacial score (nSPS) is 17.1. The molecule has 1 N–H and O–H groups in total. The fourth-order valence-corrected chi connectivity index (χ4v) is 4.53. The molecule has 8 nitrogen and oxygen atoms in total. The first-order valence-electron chi connectivity index (χ1n) is 11.3. The Labute approximate surface area is 210 Å². The molecule has 1 aliphatic heterocycles. The summed E-state index contributed by atoms with van der Waals surface area (Å²) in [5.41, 5.74) is 1.05. The smallest absolute Gasteiger partial charge is 0.411 e. The maximum absolute atomic E-state index is 12.7. The van der Waals surface area contributed by atoms with Crippen LogP contribution in [0, 0.1) is 6.92 Å². The first kappa shape index (κ1) is 25.3. The Morgan fingerprint density at radius 3 is 2.53 bits per heavy atom. The lowest BCUT2D eigenvalue weighted by Crippen LogP contribution is -2.47. The molecule has 188 valence electrons. The summed E-state index contributed by atoms with van der Waals surface area (Å²) >= 11 is 0. The molecule has 0 aliphatic carbocycles. The number of anilines is 1. The van der Waals surface area contributed by atoms with Crippen molar-refractivity contribution in [1.29, 1.82) is 0 Å². The lowest BCUT2D eigenvalue weighted by Gasteiger charge is -2.36. The molecule has 4 rings (SSSR count). The van der Waals surface area contributed by atoms with Gasteiger partial charge in [-0.1, -0.05) is 54.1 Å². The zero-order valence-corrected chi connectivity index (χ0v) is 20.8. The number of hydrogen-bond acceptors (Lipinski definition) is 7. The molecule has 1 atom stereocenters. The summed E-state index contributed by atoms with van der Waals surface area (Å²) in [4.78, 5) is 12.3. The van der Waals surface area contributed by atoms with Crippen molar-refractivity contribution in [2.24, 2.45) is 0 Å². The quantitative estimate of drug-likeness (QED) is 0.328. The summed E-state index contributed by atoms with van der Waals surface area (Å²) in [5, 5.41) is 2.66. The Hall–Kier alpha value is -3.82. The van der Waals surface area contributed by atoms with Gasteiger partial charge in [0, 0.05) is 11.8 Å². The van der Waals surface area contributed by atoms with Crippen LogP contribution in [0.15, 0.2) is 89.8 Å². The van der Waals surface area contributed by atoms with Crippen molar-refractivity contribution >= 4 is 21.9 Å². The largest absolute Gasteiger partial charge is 0.485 e. The molecular weight excluding hydrogens is 482 g/mol. The van der Waals surface area contributed by atoms with E-state index in [1.165, 1.54) is 12.1 Å². The molecule has 1 aliphatic rings. The minimum atomic E-state index is -4.01. The van der Waals surface area contributed by atoms with E-state index in [0.29, 0.717) is 17.2 Å². The van der Waals surface area contributed by atoms with Crippen LogP contribution in [-0.2, 0) is 25.6 Å². The summed E-state index contributed by atoms with van der Waals surface area (Å²) < 4.78 is 48.1. The van der Waals surface area contributed by atoms with Gasteiger partial charge in [0.05, 0.1) is 4.90 Å². The van der Waals surface area contributed by atoms with E-state index >= 15 is 0 Å². The van der Waals surface area contributed by atoms with Crippen molar-refractivity contribution in [2.45, 2.75) is 31.0 Å². The Morgan fingerprint density at radius 2 is 1.81 bits per heavy atom. The molecule has 0 saturated carbocycles. The molecule has 1 amide bonds. The second-order valence-electron chi connectivity index (χ2n) is 8.33. The van der Waals surface area contributed by atoms with Crippen LogP contribution in [0.25, 0.3) is 0 Å². The molecule has 1 unspecified atom stereocenters. The Kier molecular flexibility index (Phi) is 7.61. The molecule has 0 aromatic heterocycles. The Bertz CT molecular complexity index is 1340. The molecule has 9 heteroatoms. The van der Waals surface area contributed by atoms with E-state index in [1.54, 1.807) is 49.4 Å². The third-order valence-electron chi connectivity index (χ3n) is 5.43. The molecule has 3 aromatic rings. The second kappa shape index (κ2) is 10.8. The monoisotopic (exact) mass is 509 g/mol. The van der Waals surface area contributed by atoms with E-state index in [0.717, 1.165) is 11.1 Å². The van der Waals surface area contributed by atoms with Gasteiger partial charge < -0.3 is 14.2 Å². The number of aryl methyl sites for hydroxylation is 1. The molecule has 1 heterocycles. The predicted molar refractivity (Wildman–Crippen MR) is 135 cm³/mol. The number of nitrogens with one attached hydrogen (secondary N) is 1. The summed E-state index contributed by atoms with van der Waals surface area (Å²) in [6, 6.07) is 20.6. The average Bonchev–Trinajstić information content (AvgIpc) is 2.87. The number of rotatable bonds is 8. The van der Waals surface area contributed by atoms with E-state index in [-0.39, 0.29) is 24.7 Å². The molecule has 0 bridgehead atoms. The van der Waals surface area contributed by atoms with Gasteiger partial charge in [-0.3, -0.25) is 9.50 Å². The SMILES string of the molecule is CC=CC1(COS(=O)(=O)c2ccc(C)cc2)COc2ccc(NC(=O)OCc3ccccc3)cc2O1. The predicted octanol–water partition coefficient (Wildman–Crippen LogP) is 5.24. The average molecular weight is 510 g/mol. The summed E-state index contributed by atoms with van der Waals surface area (Å²) in [6.45, 7) is 3.53. The molecule has 3 aromatic carbocycles. The highest BCUT2D eigenvalue weighted by Crippen LogP contribution is 2.38. The van der Waals surface area contributed by atoms with Crippen LogP contribution in [0.5, 0.6) is 11.5 Å². The highest BCUT2D eigenvalue weighted by atomic mass is 32.2. The fraction of sp³-hybridized carbons (Fsp3) is 0.222. The molecular formula is C27H27NO7S. The van der Waals surface area contributed by atoms with Crippen LogP contribution in [0.1, 0.15) is 18.1 Å². The molecule has 0 radical (unpaired) electrons. The van der Waals surface area contributed by atoms with Crippen molar-refractivity contribution in [3.63, 3.8) is 0 Å². The lowest BCUT2D eigenvalue weighted by atomic mass is 10.0. The van der Waals surface area contributed by atoms with Gasteiger partial charge in [0.25, 0.3) is 10.1 Å². The van der Waals surface area contributed by atoms with Crippen molar-refractivity contribution < 1.29 is 31.6 Å². The topological polar surface area (TPSA) is 100 Å². The maximum Gasteiger partial charge on any atom is 0.411 e.